The molecular weight excluding hydrogens is 323 g/mol. The van der Waals surface area contributed by atoms with E-state index in [0.717, 1.165) is 12.8 Å². The summed E-state index contributed by atoms with van der Waals surface area (Å²) in [6, 6.07) is 12.8. The van der Waals surface area contributed by atoms with Crippen molar-refractivity contribution in [3.05, 3.63) is 59.9 Å². The van der Waals surface area contributed by atoms with Crippen LogP contribution in [0.4, 0.5) is 10.1 Å². The fourth-order valence-electron chi connectivity index (χ4n) is 2.29. The zero-order valence-electron chi connectivity index (χ0n) is 13.6. The first-order valence-electron chi connectivity index (χ1n) is 8.20. The van der Waals surface area contributed by atoms with Crippen molar-refractivity contribution in [2.75, 3.05) is 11.9 Å². The molecule has 0 spiro atoms. The second kappa shape index (κ2) is 7.79. The van der Waals surface area contributed by atoms with Crippen molar-refractivity contribution in [1.82, 2.24) is 5.32 Å². The van der Waals surface area contributed by atoms with E-state index in [4.69, 9.17) is 4.74 Å². The first kappa shape index (κ1) is 17.0. The largest absolute Gasteiger partial charge is 0.493 e. The number of hydrogen-bond acceptors (Lipinski definition) is 3. The van der Waals surface area contributed by atoms with Crippen LogP contribution in [0.25, 0.3) is 0 Å². The van der Waals surface area contributed by atoms with Crippen molar-refractivity contribution in [3.8, 4) is 5.75 Å². The summed E-state index contributed by atoms with van der Waals surface area (Å²) in [4.78, 5) is 24.3. The Labute approximate surface area is 145 Å². The summed E-state index contributed by atoms with van der Waals surface area (Å²) < 4.78 is 18.2. The van der Waals surface area contributed by atoms with Crippen LogP contribution >= 0.6 is 0 Å². The first-order valence-corrected chi connectivity index (χ1v) is 8.20. The molecule has 0 aliphatic heterocycles. The molecule has 3 rings (SSSR count). The maximum atomic E-state index is 12.8. The Bertz CT molecular complexity index is 758. The zero-order valence-corrected chi connectivity index (χ0v) is 13.6. The van der Waals surface area contributed by atoms with E-state index < -0.39 is 0 Å². The lowest BCUT2D eigenvalue weighted by Crippen LogP contribution is -2.27. The molecule has 1 saturated carbocycles. The third-order valence-corrected chi connectivity index (χ3v) is 3.77. The van der Waals surface area contributed by atoms with Crippen molar-refractivity contribution in [2.24, 2.45) is 0 Å². The van der Waals surface area contributed by atoms with E-state index in [1.807, 2.05) is 0 Å². The molecule has 0 heterocycles. The number of rotatable bonds is 7. The van der Waals surface area contributed by atoms with Crippen molar-refractivity contribution in [3.63, 3.8) is 0 Å². The van der Waals surface area contributed by atoms with E-state index in [1.165, 1.54) is 24.3 Å². The molecule has 1 aliphatic rings. The molecule has 2 N–H and O–H groups in total. The zero-order chi connectivity index (χ0) is 17.6. The lowest BCUT2D eigenvalue weighted by atomic mass is 10.1. The van der Waals surface area contributed by atoms with E-state index in [2.05, 4.69) is 10.6 Å². The smallest absolute Gasteiger partial charge is 0.253 e. The van der Waals surface area contributed by atoms with Crippen LogP contribution in [0.15, 0.2) is 48.5 Å². The number of hydrogen-bond donors (Lipinski definition) is 2. The quantitative estimate of drug-likeness (QED) is 0.812. The molecule has 1 fully saturated rings. The molecule has 2 aromatic carbocycles. The molecule has 1 aliphatic carbocycles. The monoisotopic (exact) mass is 342 g/mol. The third-order valence-electron chi connectivity index (χ3n) is 3.77. The summed E-state index contributed by atoms with van der Waals surface area (Å²) in [5.74, 6) is -0.278. The standard InChI is InChI=1S/C19H19FN2O3/c20-13-5-9-15(10-6-13)25-12-11-18(23)22-17-4-2-1-3-16(17)19(24)21-14-7-8-14/h1-6,9-10,14H,7-8,11-12H2,(H,21,24)(H,22,23). The van der Waals surface area contributed by atoms with Gasteiger partial charge in [0.2, 0.25) is 5.91 Å². The topological polar surface area (TPSA) is 67.4 Å². The number of anilines is 1. The van der Waals surface area contributed by atoms with E-state index in [9.17, 15) is 14.0 Å². The number of nitrogens with one attached hydrogen (secondary N) is 2. The molecule has 2 aromatic rings. The lowest BCUT2D eigenvalue weighted by Gasteiger charge is -2.11. The maximum Gasteiger partial charge on any atom is 0.253 e. The predicted octanol–water partition coefficient (Wildman–Crippen LogP) is 3.13. The van der Waals surface area contributed by atoms with Gasteiger partial charge in [-0.15, -0.1) is 0 Å². The molecule has 130 valence electrons. The number of carbonyl (C=O) groups excluding carboxylic acids is 2. The van der Waals surface area contributed by atoms with Crippen LogP contribution in [0.5, 0.6) is 5.75 Å². The summed E-state index contributed by atoms with van der Waals surface area (Å²) >= 11 is 0. The molecule has 6 heteroatoms. The fraction of sp³-hybridized carbons (Fsp3) is 0.263. The van der Waals surface area contributed by atoms with Crippen molar-refractivity contribution >= 4 is 17.5 Å². The molecule has 0 radical (unpaired) electrons. The molecule has 0 aromatic heterocycles. The van der Waals surface area contributed by atoms with Crippen LogP contribution in [-0.4, -0.2) is 24.5 Å². The summed E-state index contributed by atoms with van der Waals surface area (Å²) in [5, 5.41) is 5.65. The van der Waals surface area contributed by atoms with Crippen LogP contribution in [0.3, 0.4) is 0 Å². The van der Waals surface area contributed by atoms with Crippen LogP contribution < -0.4 is 15.4 Å². The molecule has 2 amide bonds. The van der Waals surface area contributed by atoms with Crippen LogP contribution in [0.1, 0.15) is 29.6 Å². The number of amides is 2. The average Bonchev–Trinajstić information content (AvgIpc) is 3.41. The molecule has 25 heavy (non-hydrogen) atoms. The first-order chi connectivity index (χ1) is 12.1. The SMILES string of the molecule is O=C(CCOc1ccc(F)cc1)Nc1ccccc1C(=O)NC1CC1. The Morgan fingerprint density at radius 1 is 1.08 bits per heavy atom. The summed E-state index contributed by atoms with van der Waals surface area (Å²) in [7, 11) is 0. The van der Waals surface area contributed by atoms with Crippen LogP contribution in [0, 0.1) is 5.82 Å². The summed E-state index contributed by atoms with van der Waals surface area (Å²) in [6.07, 6.45) is 2.12. The minimum atomic E-state index is -0.342. The highest BCUT2D eigenvalue weighted by Crippen LogP contribution is 2.21. The van der Waals surface area contributed by atoms with Crippen LogP contribution in [0.2, 0.25) is 0 Å². The second-order valence-electron chi connectivity index (χ2n) is 5.89. The van der Waals surface area contributed by atoms with Gasteiger partial charge in [-0.3, -0.25) is 9.59 Å². The van der Waals surface area contributed by atoms with Gasteiger partial charge in [-0.1, -0.05) is 12.1 Å². The number of halogens is 1. The van der Waals surface area contributed by atoms with E-state index in [1.54, 1.807) is 24.3 Å². The summed E-state index contributed by atoms with van der Waals surface area (Å²) in [6.45, 7) is 0.161. The van der Waals surface area contributed by atoms with Crippen molar-refractivity contribution in [2.45, 2.75) is 25.3 Å². The lowest BCUT2D eigenvalue weighted by molar-refractivity contribution is -0.116. The Morgan fingerprint density at radius 2 is 1.80 bits per heavy atom. The maximum absolute atomic E-state index is 12.8. The molecule has 0 atom stereocenters. The van der Waals surface area contributed by atoms with E-state index in [-0.39, 0.29) is 36.7 Å². The molecule has 0 saturated heterocycles. The van der Waals surface area contributed by atoms with Gasteiger partial charge in [0, 0.05) is 6.04 Å². The number of ether oxygens (including phenoxy) is 1. The van der Waals surface area contributed by atoms with Gasteiger partial charge in [0.25, 0.3) is 5.91 Å². The van der Waals surface area contributed by atoms with Gasteiger partial charge < -0.3 is 15.4 Å². The van der Waals surface area contributed by atoms with Gasteiger partial charge in [0.05, 0.1) is 24.3 Å². The molecule has 0 unspecified atom stereocenters. The number of carbonyl (C=O) groups is 2. The molecule has 5 nitrogen and oxygen atoms in total. The number of benzene rings is 2. The molecular formula is C19H19FN2O3. The number of para-hydroxylation sites is 1. The van der Waals surface area contributed by atoms with Gasteiger partial charge in [0.1, 0.15) is 11.6 Å². The second-order valence-corrected chi connectivity index (χ2v) is 5.89. The Balaban J connectivity index is 1.52. The molecule has 0 bridgehead atoms. The fourth-order valence-corrected chi connectivity index (χ4v) is 2.29. The summed E-state index contributed by atoms with van der Waals surface area (Å²) in [5.41, 5.74) is 0.926. The van der Waals surface area contributed by atoms with Gasteiger partial charge in [-0.05, 0) is 49.2 Å². The highest BCUT2D eigenvalue weighted by molar-refractivity contribution is 6.03. The van der Waals surface area contributed by atoms with Crippen molar-refractivity contribution < 1.29 is 18.7 Å². The Morgan fingerprint density at radius 3 is 2.52 bits per heavy atom. The Kier molecular flexibility index (Phi) is 5.28. The predicted molar refractivity (Wildman–Crippen MR) is 92.1 cm³/mol. The van der Waals surface area contributed by atoms with Gasteiger partial charge in [0.15, 0.2) is 0 Å². The van der Waals surface area contributed by atoms with E-state index >= 15 is 0 Å². The minimum absolute atomic E-state index is 0.121. The van der Waals surface area contributed by atoms with E-state index in [0.29, 0.717) is 17.0 Å². The van der Waals surface area contributed by atoms with Crippen molar-refractivity contribution in [1.29, 1.82) is 0 Å². The highest BCUT2D eigenvalue weighted by atomic mass is 19.1. The highest BCUT2D eigenvalue weighted by Gasteiger charge is 2.24. The minimum Gasteiger partial charge on any atom is -0.493 e. The average molecular weight is 342 g/mol. The van der Waals surface area contributed by atoms with Crippen LogP contribution in [-0.2, 0) is 4.79 Å². The van der Waals surface area contributed by atoms with Gasteiger partial charge >= 0.3 is 0 Å². The normalized spacial score (nSPS) is 13.2. The Hall–Kier alpha value is -2.89. The van der Waals surface area contributed by atoms with Gasteiger partial charge in [-0.2, -0.15) is 0 Å². The third kappa shape index (κ3) is 5.04. The van der Waals surface area contributed by atoms with Gasteiger partial charge in [-0.25, -0.2) is 4.39 Å².